The number of rotatable bonds is 9. The third-order valence-corrected chi connectivity index (χ3v) is 6.13. The molecule has 1 fully saturated rings. The van der Waals surface area contributed by atoms with Gasteiger partial charge >= 0.3 is 0 Å². The molecule has 0 bridgehead atoms. The SMILES string of the molecule is CCCC1CCCCN1S(=O)(=O)N(C)CCCNC(C)C. The van der Waals surface area contributed by atoms with Crippen molar-refractivity contribution in [1.29, 1.82) is 0 Å². The average molecular weight is 320 g/mol. The Morgan fingerprint density at radius 1 is 1.33 bits per heavy atom. The van der Waals surface area contributed by atoms with E-state index in [0.29, 0.717) is 19.1 Å². The molecule has 0 aromatic rings. The number of hydrogen-bond donors (Lipinski definition) is 1. The number of nitrogens with zero attached hydrogens (tertiary/aromatic N) is 2. The van der Waals surface area contributed by atoms with Gasteiger partial charge in [0.25, 0.3) is 10.2 Å². The molecule has 0 radical (unpaired) electrons. The van der Waals surface area contributed by atoms with Crippen molar-refractivity contribution < 1.29 is 8.42 Å². The van der Waals surface area contributed by atoms with Gasteiger partial charge in [0, 0.05) is 32.2 Å². The normalized spacial score (nSPS) is 21.3. The van der Waals surface area contributed by atoms with Crippen molar-refractivity contribution >= 4 is 10.2 Å². The van der Waals surface area contributed by atoms with E-state index in [2.05, 4.69) is 26.1 Å². The van der Waals surface area contributed by atoms with E-state index in [-0.39, 0.29) is 6.04 Å². The number of piperidine rings is 1. The van der Waals surface area contributed by atoms with E-state index in [1.807, 2.05) is 0 Å². The second-order valence-electron chi connectivity index (χ2n) is 6.34. The Morgan fingerprint density at radius 2 is 2.05 bits per heavy atom. The Balaban J connectivity index is 2.56. The Kier molecular flexibility index (Phi) is 8.16. The highest BCUT2D eigenvalue weighted by molar-refractivity contribution is 7.86. The first-order chi connectivity index (χ1) is 9.89. The molecule has 0 saturated carbocycles. The van der Waals surface area contributed by atoms with Crippen LogP contribution in [0.2, 0.25) is 0 Å². The van der Waals surface area contributed by atoms with Crippen molar-refractivity contribution in [2.24, 2.45) is 0 Å². The van der Waals surface area contributed by atoms with Crippen molar-refractivity contribution in [3.8, 4) is 0 Å². The maximum atomic E-state index is 12.7. The van der Waals surface area contributed by atoms with Crippen LogP contribution in [0.3, 0.4) is 0 Å². The lowest BCUT2D eigenvalue weighted by atomic mass is 10.0. The molecule has 1 atom stereocenters. The predicted octanol–water partition coefficient (Wildman–Crippen LogP) is 2.21. The minimum Gasteiger partial charge on any atom is -0.314 e. The molecule has 1 aliphatic rings. The summed E-state index contributed by atoms with van der Waals surface area (Å²) in [5, 5.41) is 3.33. The van der Waals surface area contributed by atoms with Crippen LogP contribution in [0.5, 0.6) is 0 Å². The van der Waals surface area contributed by atoms with E-state index in [4.69, 9.17) is 0 Å². The lowest BCUT2D eigenvalue weighted by molar-refractivity contribution is 0.224. The van der Waals surface area contributed by atoms with Crippen LogP contribution in [0.25, 0.3) is 0 Å². The molecule has 0 aromatic carbocycles. The molecular weight excluding hydrogens is 286 g/mol. The zero-order valence-electron chi connectivity index (χ0n) is 14.1. The van der Waals surface area contributed by atoms with Gasteiger partial charge in [0.2, 0.25) is 0 Å². The Bertz CT molecular complexity index is 382. The first-order valence-corrected chi connectivity index (χ1v) is 9.75. The van der Waals surface area contributed by atoms with Crippen LogP contribution in [0.15, 0.2) is 0 Å². The van der Waals surface area contributed by atoms with Crippen molar-refractivity contribution in [1.82, 2.24) is 13.9 Å². The van der Waals surface area contributed by atoms with E-state index in [1.54, 1.807) is 11.4 Å². The van der Waals surface area contributed by atoms with Gasteiger partial charge in [-0.1, -0.05) is 33.6 Å². The molecule has 21 heavy (non-hydrogen) atoms. The van der Waals surface area contributed by atoms with Crippen LogP contribution < -0.4 is 5.32 Å². The van der Waals surface area contributed by atoms with Crippen LogP contribution in [0.4, 0.5) is 0 Å². The van der Waals surface area contributed by atoms with Crippen molar-refractivity contribution in [3.63, 3.8) is 0 Å². The largest absolute Gasteiger partial charge is 0.314 e. The second-order valence-corrected chi connectivity index (χ2v) is 8.33. The van der Waals surface area contributed by atoms with E-state index in [0.717, 1.165) is 45.1 Å². The zero-order chi connectivity index (χ0) is 15.9. The molecule has 126 valence electrons. The smallest absolute Gasteiger partial charge is 0.281 e. The molecule has 0 amide bonds. The zero-order valence-corrected chi connectivity index (χ0v) is 15.0. The molecular formula is C15H33N3O2S. The van der Waals surface area contributed by atoms with Crippen molar-refractivity contribution in [2.75, 3.05) is 26.7 Å². The molecule has 1 rings (SSSR count). The maximum absolute atomic E-state index is 12.7. The van der Waals surface area contributed by atoms with Crippen molar-refractivity contribution in [3.05, 3.63) is 0 Å². The third kappa shape index (κ3) is 5.85. The van der Waals surface area contributed by atoms with Gasteiger partial charge in [0.15, 0.2) is 0 Å². The van der Waals surface area contributed by atoms with Crippen LogP contribution in [0, 0.1) is 0 Å². The highest BCUT2D eigenvalue weighted by atomic mass is 32.2. The Morgan fingerprint density at radius 3 is 2.67 bits per heavy atom. The minimum atomic E-state index is -3.30. The predicted molar refractivity (Wildman–Crippen MR) is 88.6 cm³/mol. The highest BCUT2D eigenvalue weighted by Gasteiger charge is 2.34. The van der Waals surface area contributed by atoms with Crippen LogP contribution in [-0.4, -0.2) is 55.8 Å². The van der Waals surface area contributed by atoms with Crippen molar-refractivity contribution in [2.45, 2.75) is 71.4 Å². The van der Waals surface area contributed by atoms with Gasteiger partial charge in [-0.2, -0.15) is 17.0 Å². The number of nitrogens with one attached hydrogen (secondary N) is 1. The fourth-order valence-corrected chi connectivity index (χ4v) is 4.55. The topological polar surface area (TPSA) is 52.7 Å². The second kappa shape index (κ2) is 9.08. The summed E-state index contributed by atoms with van der Waals surface area (Å²) in [5.74, 6) is 0. The van der Waals surface area contributed by atoms with Crippen LogP contribution >= 0.6 is 0 Å². The molecule has 1 heterocycles. The molecule has 1 aliphatic heterocycles. The van der Waals surface area contributed by atoms with Crippen LogP contribution in [0.1, 0.15) is 59.3 Å². The summed E-state index contributed by atoms with van der Waals surface area (Å²) in [4.78, 5) is 0. The summed E-state index contributed by atoms with van der Waals surface area (Å²) < 4.78 is 28.7. The molecule has 0 aromatic heterocycles. The van der Waals surface area contributed by atoms with Crippen LogP contribution in [-0.2, 0) is 10.2 Å². The van der Waals surface area contributed by atoms with Gasteiger partial charge in [0.1, 0.15) is 0 Å². The molecule has 1 unspecified atom stereocenters. The first kappa shape index (κ1) is 18.9. The lowest BCUT2D eigenvalue weighted by Gasteiger charge is -2.37. The summed E-state index contributed by atoms with van der Waals surface area (Å²) in [5.41, 5.74) is 0. The maximum Gasteiger partial charge on any atom is 0.281 e. The Hall–Kier alpha value is -0.170. The molecule has 0 aliphatic carbocycles. The van der Waals surface area contributed by atoms with Gasteiger partial charge in [-0.25, -0.2) is 0 Å². The van der Waals surface area contributed by atoms with E-state index < -0.39 is 10.2 Å². The van der Waals surface area contributed by atoms with E-state index in [9.17, 15) is 8.42 Å². The molecule has 1 N–H and O–H groups in total. The summed E-state index contributed by atoms with van der Waals surface area (Å²) in [6.45, 7) is 8.45. The molecule has 5 nitrogen and oxygen atoms in total. The minimum absolute atomic E-state index is 0.199. The Labute approximate surface area is 131 Å². The monoisotopic (exact) mass is 319 g/mol. The summed E-state index contributed by atoms with van der Waals surface area (Å²) >= 11 is 0. The van der Waals surface area contributed by atoms with E-state index >= 15 is 0 Å². The average Bonchev–Trinajstić information content (AvgIpc) is 2.44. The summed E-state index contributed by atoms with van der Waals surface area (Å²) in [6.07, 6.45) is 6.01. The fraction of sp³-hybridized carbons (Fsp3) is 1.00. The van der Waals surface area contributed by atoms with Gasteiger partial charge in [-0.05, 0) is 32.2 Å². The quantitative estimate of drug-likeness (QED) is 0.663. The lowest BCUT2D eigenvalue weighted by Crippen LogP contribution is -2.49. The molecule has 0 spiro atoms. The number of hydrogen-bond acceptors (Lipinski definition) is 3. The third-order valence-electron chi connectivity index (χ3n) is 4.09. The standard InChI is InChI=1S/C15H33N3O2S/c1-5-9-15-10-6-7-13-18(15)21(19,20)17(4)12-8-11-16-14(2)3/h14-16H,5-13H2,1-4H3. The van der Waals surface area contributed by atoms with Gasteiger partial charge in [-0.15, -0.1) is 0 Å². The summed E-state index contributed by atoms with van der Waals surface area (Å²) in [6, 6.07) is 0.646. The molecule has 1 saturated heterocycles. The highest BCUT2D eigenvalue weighted by Crippen LogP contribution is 2.25. The van der Waals surface area contributed by atoms with Gasteiger partial charge < -0.3 is 5.32 Å². The summed E-state index contributed by atoms with van der Waals surface area (Å²) in [7, 11) is -1.58. The molecule has 6 heteroatoms. The van der Waals surface area contributed by atoms with Gasteiger partial charge in [0.05, 0.1) is 0 Å². The van der Waals surface area contributed by atoms with Gasteiger partial charge in [-0.3, -0.25) is 0 Å². The fourth-order valence-electron chi connectivity index (χ4n) is 2.89. The first-order valence-electron chi connectivity index (χ1n) is 8.36. The van der Waals surface area contributed by atoms with E-state index in [1.165, 1.54) is 4.31 Å².